The van der Waals surface area contributed by atoms with E-state index in [-0.39, 0.29) is 11.5 Å². The SMILES string of the molecule is CC(C)C(N)Cc1csc(C(C)(C)C)n1. The van der Waals surface area contributed by atoms with Gasteiger partial charge in [-0.05, 0) is 5.92 Å². The molecule has 0 aromatic carbocycles. The molecule has 1 heterocycles. The molecule has 2 nitrogen and oxygen atoms in total. The molecular weight excluding hydrogens is 204 g/mol. The Hall–Kier alpha value is -0.410. The molecule has 0 amide bonds. The second-order valence-corrected chi connectivity index (χ2v) is 6.36. The van der Waals surface area contributed by atoms with Crippen molar-refractivity contribution in [3.63, 3.8) is 0 Å². The molecule has 0 aliphatic heterocycles. The van der Waals surface area contributed by atoms with Crippen LogP contribution >= 0.6 is 11.3 Å². The maximum atomic E-state index is 6.03. The quantitative estimate of drug-likeness (QED) is 0.860. The van der Waals surface area contributed by atoms with E-state index in [0.29, 0.717) is 5.92 Å². The van der Waals surface area contributed by atoms with Gasteiger partial charge in [0.25, 0.3) is 0 Å². The molecule has 0 fully saturated rings. The summed E-state index contributed by atoms with van der Waals surface area (Å²) < 4.78 is 0. The van der Waals surface area contributed by atoms with Crippen molar-refractivity contribution < 1.29 is 0 Å². The van der Waals surface area contributed by atoms with E-state index in [1.54, 1.807) is 11.3 Å². The summed E-state index contributed by atoms with van der Waals surface area (Å²) in [6.45, 7) is 10.9. The summed E-state index contributed by atoms with van der Waals surface area (Å²) >= 11 is 1.74. The van der Waals surface area contributed by atoms with Crippen molar-refractivity contribution in [1.29, 1.82) is 0 Å². The number of nitrogens with two attached hydrogens (primary N) is 1. The molecule has 1 aromatic rings. The van der Waals surface area contributed by atoms with Gasteiger partial charge in [-0.25, -0.2) is 4.98 Å². The van der Waals surface area contributed by atoms with Crippen LogP contribution in [0.5, 0.6) is 0 Å². The summed E-state index contributed by atoms with van der Waals surface area (Å²) in [6.07, 6.45) is 0.893. The zero-order chi connectivity index (χ0) is 11.6. The number of nitrogens with zero attached hydrogens (tertiary/aromatic N) is 1. The molecule has 0 saturated heterocycles. The topological polar surface area (TPSA) is 38.9 Å². The highest BCUT2D eigenvalue weighted by Crippen LogP contribution is 2.26. The third-order valence-electron chi connectivity index (χ3n) is 2.49. The maximum absolute atomic E-state index is 6.03. The maximum Gasteiger partial charge on any atom is 0.0981 e. The van der Waals surface area contributed by atoms with Gasteiger partial charge in [0.2, 0.25) is 0 Å². The van der Waals surface area contributed by atoms with Gasteiger partial charge in [-0.15, -0.1) is 11.3 Å². The molecule has 0 radical (unpaired) electrons. The predicted molar refractivity (Wildman–Crippen MR) is 67.3 cm³/mol. The van der Waals surface area contributed by atoms with Gasteiger partial charge in [-0.3, -0.25) is 0 Å². The first kappa shape index (κ1) is 12.7. The van der Waals surface area contributed by atoms with Gasteiger partial charge in [-0.2, -0.15) is 0 Å². The Bertz CT molecular complexity index is 310. The molecule has 1 unspecified atom stereocenters. The number of hydrogen-bond acceptors (Lipinski definition) is 3. The van der Waals surface area contributed by atoms with Crippen molar-refractivity contribution >= 4 is 11.3 Å². The van der Waals surface area contributed by atoms with Crippen molar-refractivity contribution in [3.8, 4) is 0 Å². The van der Waals surface area contributed by atoms with E-state index in [2.05, 4.69) is 45.0 Å². The molecule has 0 saturated carbocycles. The Morgan fingerprint density at radius 3 is 2.40 bits per heavy atom. The Morgan fingerprint density at radius 2 is 2.00 bits per heavy atom. The summed E-state index contributed by atoms with van der Waals surface area (Å²) in [5, 5.41) is 3.34. The lowest BCUT2D eigenvalue weighted by atomic mass is 9.98. The van der Waals surface area contributed by atoms with Crippen LogP contribution in [0, 0.1) is 5.92 Å². The summed E-state index contributed by atoms with van der Waals surface area (Å²) in [4.78, 5) is 4.64. The lowest BCUT2D eigenvalue weighted by Gasteiger charge is -2.15. The van der Waals surface area contributed by atoms with E-state index < -0.39 is 0 Å². The lowest BCUT2D eigenvalue weighted by Crippen LogP contribution is -2.28. The van der Waals surface area contributed by atoms with Gasteiger partial charge in [0.1, 0.15) is 0 Å². The molecule has 2 N–H and O–H groups in total. The molecule has 3 heteroatoms. The number of aromatic nitrogens is 1. The zero-order valence-corrected chi connectivity index (χ0v) is 11.2. The van der Waals surface area contributed by atoms with Crippen LogP contribution in [0.25, 0.3) is 0 Å². The summed E-state index contributed by atoms with van der Waals surface area (Å²) in [5.74, 6) is 0.518. The van der Waals surface area contributed by atoms with E-state index >= 15 is 0 Å². The zero-order valence-electron chi connectivity index (χ0n) is 10.4. The van der Waals surface area contributed by atoms with Crippen LogP contribution in [0.3, 0.4) is 0 Å². The Morgan fingerprint density at radius 1 is 1.40 bits per heavy atom. The van der Waals surface area contributed by atoms with E-state index in [9.17, 15) is 0 Å². The first-order chi connectivity index (χ1) is 6.80. The molecule has 0 aliphatic rings. The monoisotopic (exact) mass is 226 g/mol. The number of rotatable bonds is 3. The molecule has 15 heavy (non-hydrogen) atoms. The van der Waals surface area contributed by atoms with Gasteiger partial charge in [0.15, 0.2) is 0 Å². The summed E-state index contributed by atoms with van der Waals surface area (Å²) in [5.41, 5.74) is 7.33. The fraction of sp³-hybridized carbons (Fsp3) is 0.750. The minimum atomic E-state index is 0.158. The van der Waals surface area contributed by atoms with Gasteiger partial charge < -0.3 is 5.73 Å². The largest absolute Gasteiger partial charge is 0.327 e. The van der Waals surface area contributed by atoms with Gasteiger partial charge >= 0.3 is 0 Å². The molecule has 0 spiro atoms. The standard InChI is InChI=1S/C12H22N2S/c1-8(2)10(13)6-9-7-15-11(14-9)12(3,4)5/h7-8,10H,6,13H2,1-5H3. The van der Waals surface area contributed by atoms with Crippen molar-refractivity contribution in [2.45, 2.75) is 52.5 Å². The first-order valence-corrected chi connectivity index (χ1v) is 6.39. The number of thiazole rings is 1. The third kappa shape index (κ3) is 3.58. The number of hydrogen-bond donors (Lipinski definition) is 1. The lowest BCUT2D eigenvalue weighted by molar-refractivity contribution is 0.485. The highest BCUT2D eigenvalue weighted by Gasteiger charge is 2.19. The smallest absolute Gasteiger partial charge is 0.0981 e. The minimum Gasteiger partial charge on any atom is -0.327 e. The molecule has 1 rings (SSSR count). The fourth-order valence-corrected chi connectivity index (χ4v) is 2.14. The fourth-order valence-electron chi connectivity index (χ4n) is 1.22. The van der Waals surface area contributed by atoms with E-state index in [1.807, 2.05) is 0 Å². The normalized spacial score (nSPS) is 14.6. The average molecular weight is 226 g/mol. The van der Waals surface area contributed by atoms with Crippen LogP contribution in [0.4, 0.5) is 0 Å². The Kier molecular flexibility index (Phi) is 3.90. The Balaban J connectivity index is 2.69. The van der Waals surface area contributed by atoms with Crippen LogP contribution in [-0.4, -0.2) is 11.0 Å². The average Bonchev–Trinajstić information content (AvgIpc) is 2.51. The van der Waals surface area contributed by atoms with Crippen LogP contribution in [0.1, 0.15) is 45.3 Å². The Labute approximate surface area is 96.9 Å². The predicted octanol–water partition coefficient (Wildman–Crippen LogP) is 2.97. The van der Waals surface area contributed by atoms with Crippen molar-refractivity contribution in [2.24, 2.45) is 11.7 Å². The van der Waals surface area contributed by atoms with Crippen LogP contribution < -0.4 is 5.73 Å². The highest BCUT2D eigenvalue weighted by atomic mass is 32.1. The van der Waals surface area contributed by atoms with E-state index in [0.717, 1.165) is 12.1 Å². The summed E-state index contributed by atoms with van der Waals surface area (Å²) in [7, 11) is 0. The first-order valence-electron chi connectivity index (χ1n) is 5.51. The van der Waals surface area contributed by atoms with Gasteiger partial charge in [0, 0.05) is 23.3 Å². The molecular formula is C12H22N2S. The third-order valence-corrected chi connectivity index (χ3v) is 3.81. The van der Waals surface area contributed by atoms with E-state index in [1.165, 1.54) is 5.01 Å². The van der Waals surface area contributed by atoms with Crippen molar-refractivity contribution in [2.75, 3.05) is 0 Å². The molecule has 1 atom stereocenters. The van der Waals surface area contributed by atoms with Crippen molar-refractivity contribution in [1.82, 2.24) is 4.98 Å². The summed E-state index contributed by atoms with van der Waals surface area (Å²) in [6, 6.07) is 0.222. The van der Waals surface area contributed by atoms with E-state index in [4.69, 9.17) is 5.73 Å². The van der Waals surface area contributed by atoms with Crippen LogP contribution in [-0.2, 0) is 11.8 Å². The van der Waals surface area contributed by atoms with Crippen LogP contribution in [0.2, 0.25) is 0 Å². The second-order valence-electron chi connectivity index (χ2n) is 5.51. The second kappa shape index (κ2) is 4.62. The molecule has 0 aliphatic carbocycles. The van der Waals surface area contributed by atoms with Gasteiger partial charge in [0.05, 0.1) is 10.7 Å². The van der Waals surface area contributed by atoms with Crippen molar-refractivity contribution in [3.05, 3.63) is 16.1 Å². The minimum absolute atomic E-state index is 0.158. The molecule has 0 bridgehead atoms. The van der Waals surface area contributed by atoms with Crippen LogP contribution in [0.15, 0.2) is 5.38 Å². The highest BCUT2D eigenvalue weighted by molar-refractivity contribution is 7.09. The molecule has 86 valence electrons. The van der Waals surface area contributed by atoms with Gasteiger partial charge in [-0.1, -0.05) is 34.6 Å². The molecule has 1 aromatic heterocycles.